The van der Waals surface area contributed by atoms with Crippen molar-refractivity contribution in [3.63, 3.8) is 0 Å². The summed E-state index contributed by atoms with van der Waals surface area (Å²) in [5.41, 5.74) is -0.450. The van der Waals surface area contributed by atoms with E-state index in [1.165, 1.54) is 0 Å². The van der Waals surface area contributed by atoms with Crippen LogP contribution < -0.4 is 0 Å². The minimum atomic E-state index is -0.450. The maximum atomic E-state index is 8.85. The Hall–Kier alpha value is -0.520. The van der Waals surface area contributed by atoms with Crippen LogP contribution in [0.15, 0.2) is 0 Å². The van der Waals surface area contributed by atoms with Crippen LogP contribution in [0, 0.1) is 17.8 Å². The Bertz CT molecular complexity index is 111. The summed E-state index contributed by atoms with van der Waals surface area (Å²) in [6.07, 6.45) is 6.22. The van der Waals surface area contributed by atoms with Gasteiger partial charge >= 0.3 is 0 Å². The van der Waals surface area contributed by atoms with E-state index >= 15 is 0 Å². The van der Waals surface area contributed by atoms with E-state index in [1.807, 2.05) is 6.92 Å². The third kappa shape index (κ3) is 2.02. The smallest absolute Gasteiger partial charge is 0.0518 e. The monoisotopic (exact) mass is 142 g/mol. The average Bonchev–Trinajstić information content (AvgIpc) is 2.01. The van der Waals surface area contributed by atoms with E-state index in [2.05, 4.69) is 5.92 Å². The molecular formula is C8H14O2. The number of terminal acetylenes is 1. The Kier molecular flexibility index (Phi) is 4.10. The van der Waals surface area contributed by atoms with Crippen LogP contribution in [0.1, 0.15) is 19.8 Å². The van der Waals surface area contributed by atoms with Gasteiger partial charge in [0.05, 0.1) is 13.2 Å². The minimum Gasteiger partial charge on any atom is -0.396 e. The average molecular weight is 142 g/mol. The highest BCUT2D eigenvalue weighted by Gasteiger charge is 2.24. The van der Waals surface area contributed by atoms with Gasteiger partial charge in [-0.1, -0.05) is 6.92 Å². The van der Waals surface area contributed by atoms with Gasteiger partial charge in [-0.05, 0) is 6.42 Å². The van der Waals surface area contributed by atoms with Gasteiger partial charge in [-0.25, -0.2) is 0 Å². The van der Waals surface area contributed by atoms with Crippen molar-refractivity contribution in [2.24, 2.45) is 5.41 Å². The molecule has 0 aromatic heterocycles. The molecule has 0 aliphatic heterocycles. The van der Waals surface area contributed by atoms with E-state index in [0.717, 1.165) is 0 Å². The van der Waals surface area contributed by atoms with E-state index in [-0.39, 0.29) is 13.2 Å². The standard InChI is InChI=1S/C8H14O2/c1-3-5-8(4-2,6-9)7-10/h1,9-10H,4-7H2,2H3. The summed E-state index contributed by atoms with van der Waals surface area (Å²) < 4.78 is 0. The molecule has 0 aromatic rings. The SMILES string of the molecule is C#CCC(CC)(CO)CO. The second-order valence-electron chi connectivity index (χ2n) is 2.55. The third-order valence-corrected chi connectivity index (χ3v) is 1.90. The molecule has 0 fully saturated rings. The molecule has 0 amide bonds. The van der Waals surface area contributed by atoms with E-state index < -0.39 is 5.41 Å². The van der Waals surface area contributed by atoms with Gasteiger partial charge in [-0.2, -0.15) is 0 Å². The van der Waals surface area contributed by atoms with E-state index in [4.69, 9.17) is 16.6 Å². The molecule has 0 aliphatic carbocycles. The molecule has 0 spiro atoms. The van der Waals surface area contributed by atoms with Crippen LogP contribution in [0.2, 0.25) is 0 Å². The Morgan fingerprint density at radius 1 is 1.40 bits per heavy atom. The molecule has 0 atom stereocenters. The first-order valence-corrected chi connectivity index (χ1v) is 3.40. The summed E-state index contributed by atoms with van der Waals surface area (Å²) >= 11 is 0. The van der Waals surface area contributed by atoms with Crippen LogP contribution in [-0.4, -0.2) is 23.4 Å². The van der Waals surface area contributed by atoms with Crippen molar-refractivity contribution < 1.29 is 10.2 Å². The quantitative estimate of drug-likeness (QED) is 0.557. The molecule has 0 radical (unpaired) electrons. The van der Waals surface area contributed by atoms with Gasteiger partial charge in [0.1, 0.15) is 0 Å². The second-order valence-corrected chi connectivity index (χ2v) is 2.55. The molecule has 2 heteroatoms. The van der Waals surface area contributed by atoms with Crippen LogP contribution in [0.25, 0.3) is 0 Å². The second kappa shape index (κ2) is 4.32. The molecule has 0 saturated carbocycles. The lowest BCUT2D eigenvalue weighted by Gasteiger charge is -2.25. The van der Waals surface area contributed by atoms with Gasteiger partial charge in [-0.3, -0.25) is 0 Å². The lowest BCUT2D eigenvalue weighted by atomic mass is 9.84. The molecule has 0 aromatic carbocycles. The molecule has 0 aliphatic rings. The molecule has 0 unspecified atom stereocenters. The van der Waals surface area contributed by atoms with Gasteiger partial charge in [-0.15, -0.1) is 12.3 Å². The summed E-state index contributed by atoms with van der Waals surface area (Å²) in [7, 11) is 0. The predicted molar refractivity (Wildman–Crippen MR) is 40.3 cm³/mol. The van der Waals surface area contributed by atoms with Gasteiger partial charge in [0, 0.05) is 11.8 Å². The van der Waals surface area contributed by atoms with Crippen LogP contribution >= 0.6 is 0 Å². The molecule has 0 heterocycles. The van der Waals surface area contributed by atoms with Gasteiger partial charge < -0.3 is 10.2 Å². The van der Waals surface area contributed by atoms with E-state index in [1.54, 1.807) is 0 Å². The van der Waals surface area contributed by atoms with Crippen molar-refractivity contribution in [2.75, 3.05) is 13.2 Å². The third-order valence-electron chi connectivity index (χ3n) is 1.90. The molecule has 58 valence electrons. The maximum Gasteiger partial charge on any atom is 0.0518 e. The Labute approximate surface area is 61.9 Å². The molecule has 0 rings (SSSR count). The first-order chi connectivity index (χ1) is 4.74. The van der Waals surface area contributed by atoms with Gasteiger partial charge in [0.25, 0.3) is 0 Å². The summed E-state index contributed by atoms with van der Waals surface area (Å²) in [5.74, 6) is 2.44. The molecule has 10 heavy (non-hydrogen) atoms. The van der Waals surface area contributed by atoms with Gasteiger partial charge in [0.15, 0.2) is 0 Å². The van der Waals surface area contributed by atoms with Crippen molar-refractivity contribution in [1.29, 1.82) is 0 Å². The normalized spacial score (nSPS) is 11.0. The summed E-state index contributed by atoms with van der Waals surface area (Å²) in [6.45, 7) is 1.83. The number of hydrogen-bond acceptors (Lipinski definition) is 2. The minimum absolute atomic E-state index is 0.0375. The van der Waals surface area contributed by atoms with Crippen molar-refractivity contribution in [1.82, 2.24) is 0 Å². The van der Waals surface area contributed by atoms with Crippen molar-refractivity contribution in [3.05, 3.63) is 0 Å². The number of aliphatic hydroxyl groups excluding tert-OH is 2. The zero-order chi connectivity index (χ0) is 8.04. The van der Waals surface area contributed by atoms with E-state index in [0.29, 0.717) is 12.8 Å². The molecule has 0 saturated heterocycles. The Balaban J connectivity index is 4.04. The largest absolute Gasteiger partial charge is 0.396 e. The lowest BCUT2D eigenvalue weighted by molar-refractivity contribution is 0.0555. The fraction of sp³-hybridized carbons (Fsp3) is 0.750. The van der Waals surface area contributed by atoms with E-state index in [9.17, 15) is 0 Å². The highest BCUT2D eigenvalue weighted by atomic mass is 16.3. The van der Waals surface area contributed by atoms with Crippen LogP contribution in [0.5, 0.6) is 0 Å². The molecular weight excluding hydrogens is 128 g/mol. The number of rotatable bonds is 4. The lowest BCUT2D eigenvalue weighted by Crippen LogP contribution is -2.28. The fourth-order valence-corrected chi connectivity index (χ4v) is 0.727. The zero-order valence-electron chi connectivity index (χ0n) is 6.30. The Morgan fingerprint density at radius 2 is 1.90 bits per heavy atom. The maximum absolute atomic E-state index is 8.85. The van der Waals surface area contributed by atoms with Crippen molar-refractivity contribution in [3.8, 4) is 12.3 Å². The van der Waals surface area contributed by atoms with Crippen LogP contribution in [0.3, 0.4) is 0 Å². The zero-order valence-corrected chi connectivity index (χ0v) is 6.30. The Morgan fingerprint density at radius 3 is 2.00 bits per heavy atom. The first-order valence-electron chi connectivity index (χ1n) is 3.40. The highest BCUT2D eigenvalue weighted by molar-refractivity contribution is 4.93. The van der Waals surface area contributed by atoms with Crippen LogP contribution in [-0.2, 0) is 0 Å². The fourth-order valence-electron chi connectivity index (χ4n) is 0.727. The summed E-state index contributed by atoms with van der Waals surface area (Å²) in [5, 5.41) is 17.7. The molecule has 2 N–H and O–H groups in total. The summed E-state index contributed by atoms with van der Waals surface area (Å²) in [6, 6.07) is 0. The molecule has 2 nitrogen and oxygen atoms in total. The van der Waals surface area contributed by atoms with Crippen molar-refractivity contribution in [2.45, 2.75) is 19.8 Å². The van der Waals surface area contributed by atoms with Crippen molar-refractivity contribution >= 4 is 0 Å². The van der Waals surface area contributed by atoms with Gasteiger partial charge in [0.2, 0.25) is 0 Å². The predicted octanol–water partition coefficient (Wildman–Crippen LogP) is 0.391. The topological polar surface area (TPSA) is 40.5 Å². The number of aliphatic hydroxyl groups is 2. The molecule has 0 bridgehead atoms. The highest BCUT2D eigenvalue weighted by Crippen LogP contribution is 2.23. The summed E-state index contributed by atoms with van der Waals surface area (Å²) in [4.78, 5) is 0. The first kappa shape index (κ1) is 9.48. The number of hydrogen-bond donors (Lipinski definition) is 2. The van der Waals surface area contributed by atoms with Crippen LogP contribution in [0.4, 0.5) is 0 Å².